The Morgan fingerprint density at radius 3 is 2.11 bits per heavy atom. The molecule has 27 heavy (non-hydrogen) atoms. The molecule has 0 aromatic heterocycles. The Bertz CT molecular complexity index is 878. The standard InChI is InChI=1S/C20H25ClN2O3S/c1-14(2)12-19(20(22)24)23(13-16-6-4-15(3)5-7-16)27(25,26)18-10-8-17(21)9-11-18/h4-11,14,19H,12-13H2,1-3H3,(H2,22,24)/t19-/m1/s1. The van der Waals surface area contributed by atoms with Gasteiger partial charge in [-0.15, -0.1) is 0 Å². The minimum atomic E-state index is -3.94. The lowest BCUT2D eigenvalue weighted by molar-refractivity contribution is -0.122. The van der Waals surface area contributed by atoms with Crippen molar-refractivity contribution in [3.63, 3.8) is 0 Å². The van der Waals surface area contributed by atoms with E-state index in [1.54, 1.807) is 0 Å². The second-order valence-electron chi connectivity index (χ2n) is 7.04. The monoisotopic (exact) mass is 408 g/mol. The summed E-state index contributed by atoms with van der Waals surface area (Å²) in [5.41, 5.74) is 7.45. The molecule has 2 rings (SSSR count). The molecule has 0 spiro atoms. The van der Waals surface area contributed by atoms with E-state index in [0.717, 1.165) is 11.1 Å². The predicted molar refractivity (Wildman–Crippen MR) is 108 cm³/mol. The summed E-state index contributed by atoms with van der Waals surface area (Å²) in [6.07, 6.45) is 0.341. The lowest BCUT2D eigenvalue weighted by Crippen LogP contribution is -2.48. The first kappa shape index (κ1) is 21.4. The quantitative estimate of drug-likeness (QED) is 0.722. The van der Waals surface area contributed by atoms with Crippen LogP contribution in [0.5, 0.6) is 0 Å². The molecule has 0 aliphatic carbocycles. The maximum Gasteiger partial charge on any atom is 0.244 e. The molecule has 7 heteroatoms. The van der Waals surface area contributed by atoms with Gasteiger partial charge in [-0.1, -0.05) is 55.3 Å². The zero-order valence-electron chi connectivity index (χ0n) is 15.7. The lowest BCUT2D eigenvalue weighted by Gasteiger charge is -2.30. The van der Waals surface area contributed by atoms with Gasteiger partial charge in [0.2, 0.25) is 15.9 Å². The van der Waals surface area contributed by atoms with Crippen LogP contribution >= 0.6 is 11.6 Å². The fraction of sp³-hybridized carbons (Fsp3) is 0.350. The van der Waals surface area contributed by atoms with E-state index in [9.17, 15) is 13.2 Å². The van der Waals surface area contributed by atoms with Crippen LogP contribution in [0.25, 0.3) is 0 Å². The van der Waals surface area contributed by atoms with Gasteiger partial charge in [0.25, 0.3) is 0 Å². The van der Waals surface area contributed by atoms with Gasteiger partial charge in [-0.2, -0.15) is 4.31 Å². The van der Waals surface area contributed by atoms with E-state index in [1.165, 1.54) is 28.6 Å². The van der Waals surface area contributed by atoms with Crippen molar-refractivity contribution < 1.29 is 13.2 Å². The SMILES string of the molecule is Cc1ccc(CN([C@H](CC(C)C)C(N)=O)S(=O)(=O)c2ccc(Cl)cc2)cc1. The number of hydrogen-bond acceptors (Lipinski definition) is 3. The molecule has 0 saturated carbocycles. The van der Waals surface area contributed by atoms with Gasteiger partial charge in [-0.3, -0.25) is 4.79 Å². The average molecular weight is 409 g/mol. The molecule has 0 aliphatic heterocycles. The molecule has 0 aliphatic rings. The lowest BCUT2D eigenvalue weighted by atomic mass is 10.0. The fourth-order valence-corrected chi connectivity index (χ4v) is 4.52. The number of halogens is 1. The summed E-state index contributed by atoms with van der Waals surface area (Å²) < 4.78 is 27.8. The molecule has 0 heterocycles. The maximum absolute atomic E-state index is 13.3. The van der Waals surface area contributed by atoms with E-state index in [1.807, 2.05) is 45.0 Å². The molecule has 2 aromatic rings. The van der Waals surface area contributed by atoms with E-state index in [4.69, 9.17) is 17.3 Å². The minimum absolute atomic E-state index is 0.0611. The van der Waals surface area contributed by atoms with E-state index in [-0.39, 0.29) is 17.4 Å². The predicted octanol–water partition coefficient (Wildman–Crippen LogP) is 3.74. The van der Waals surface area contributed by atoms with Gasteiger partial charge in [0.15, 0.2) is 0 Å². The summed E-state index contributed by atoms with van der Waals surface area (Å²) in [6.45, 7) is 5.87. The summed E-state index contributed by atoms with van der Waals surface area (Å²) in [5, 5.41) is 0.438. The number of sulfonamides is 1. The number of primary amides is 1. The van der Waals surface area contributed by atoms with Gasteiger partial charge in [0.05, 0.1) is 4.90 Å². The number of nitrogens with two attached hydrogens (primary N) is 1. The second-order valence-corrected chi connectivity index (χ2v) is 9.36. The first-order valence-electron chi connectivity index (χ1n) is 8.73. The number of hydrogen-bond donors (Lipinski definition) is 1. The van der Waals surface area contributed by atoms with Gasteiger partial charge in [0.1, 0.15) is 6.04 Å². The molecule has 1 atom stereocenters. The average Bonchev–Trinajstić information content (AvgIpc) is 2.59. The zero-order chi connectivity index (χ0) is 20.2. The van der Waals surface area contributed by atoms with Gasteiger partial charge in [-0.05, 0) is 49.1 Å². The molecule has 0 bridgehead atoms. The van der Waals surface area contributed by atoms with E-state index in [0.29, 0.717) is 11.4 Å². The molecular formula is C20H25ClN2O3S. The molecule has 0 saturated heterocycles. The summed E-state index contributed by atoms with van der Waals surface area (Å²) in [4.78, 5) is 12.2. The van der Waals surface area contributed by atoms with Crippen LogP contribution in [0.15, 0.2) is 53.4 Å². The highest BCUT2D eigenvalue weighted by Gasteiger charge is 2.35. The number of benzene rings is 2. The summed E-state index contributed by atoms with van der Waals surface area (Å²) in [7, 11) is -3.94. The zero-order valence-corrected chi connectivity index (χ0v) is 17.3. The van der Waals surface area contributed by atoms with Crippen LogP contribution in [0.4, 0.5) is 0 Å². The summed E-state index contributed by atoms with van der Waals surface area (Å²) >= 11 is 5.89. The molecule has 0 unspecified atom stereocenters. The summed E-state index contributed by atoms with van der Waals surface area (Å²) in [5.74, 6) is -0.559. The molecule has 146 valence electrons. The molecule has 1 amide bonds. The Balaban J connectivity index is 2.51. The Morgan fingerprint density at radius 1 is 1.07 bits per heavy atom. The first-order valence-corrected chi connectivity index (χ1v) is 10.6. The molecular weight excluding hydrogens is 384 g/mol. The third-order valence-electron chi connectivity index (χ3n) is 4.25. The van der Waals surface area contributed by atoms with E-state index >= 15 is 0 Å². The van der Waals surface area contributed by atoms with Crippen LogP contribution in [-0.4, -0.2) is 24.7 Å². The number of carbonyl (C=O) groups is 1. The maximum atomic E-state index is 13.3. The first-order chi connectivity index (χ1) is 12.6. The molecule has 2 aromatic carbocycles. The number of amides is 1. The molecule has 0 fully saturated rings. The Labute approximate surface area is 166 Å². The van der Waals surface area contributed by atoms with Crippen LogP contribution in [0.2, 0.25) is 5.02 Å². The second kappa shape index (κ2) is 8.87. The van der Waals surface area contributed by atoms with Crippen molar-refractivity contribution in [2.24, 2.45) is 11.7 Å². The highest BCUT2D eigenvalue weighted by Crippen LogP contribution is 2.25. The van der Waals surface area contributed by atoms with Crippen molar-refractivity contribution in [1.29, 1.82) is 0 Å². The number of aryl methyl sites for hydroxylation is 1. The van der Waals surface area contributed by atoms with Crippen molar-refractivity contribution in [2.75, 3.05) is 0 Å². The van der Waals surface area contributed by atoms with Crippen molar-refractivity contribution >= 4 is 27.5 Å². The van der Waals surface area contributed by atoms with Crippen molar-refractivity contribution in [3.8, 4) is 0 Å². The number of carbonyl (C=O) groups excluding carboxylic acids is 1. The summed E-state index contributed by atoms with van der Waals surface area (Å²) in [6, 6.07) is 12.5. The highest BCUT2D eigenvalue weighted by atomic mass is 35.5. The number of nitrogens with zero attached hydrogens (tertiary/aromatic N) is 1. The third-order valence-corrected chi connectivity index (χ3v) is 6.37. The van der Waals surface area contributed by atoms with Gasteiger partial charge >= 0.3 is 0 Å². The van der Waals surface area contributed by atoms with Gasteiger partial charge in [0, 0.05) is 11.6 Å². The van der Waals surface area contributed by atoms with Crippen LogP contribution in [0.1, 0.15) is 31.4 Å². The topological polar surface area (TPSA) is 80.5 Å². The fourth-order valence-electron chi connectivity index (χ4n) is 2.80. The largest absolute Gasteiger partial charge is 0.368 e. The van der Waals surface area contributed by atoms with Gasteiger partial charge in [-0.25, -0.2) is 8.42 Å². The van der Waals surface area contributed by atoms with Crippen LogP contribution in [0.3, 0.4) is 0 Å². The molecule has 5 nitrogen and oxygen atoms in total. The highest BCUT2D eigenvalue weighted by molar-refractivity contribution is 7.89. The normalized spacial score (nSPS) is 13.1. The Morgan fingerprint density at radius 2 is 1.63 bits per heavy atom. The van der Waals surface area contributed by atoms with Gasteiger partial charge < -0.3 is 5.73 Å². The molecule has 0 radical (unpaired) electrons. The van der Waals surface area contributed by atoms with Crippen LogP contribution in [-0.2, 0) is 21.4 Å². The van der Waals surface area contributed by atoms with Crippen molar-refractivity contribution in [3.05, 3.63) is 64.7 Å². The number of rotatable bonds is 8. The third kappa shape index (κ3) is 5.54. The molecule has 2 N–H and O–H groups in total. The van der Waals surface area contributed by atoms with Crippen LogP contribution in [0, 0.1) is 12.8 Å². The minimum Gasteiger partial charge on any atom is -0.368 e. The van der Waals surface area contributed by atoms with E-state index in [2.05, 4.69) is 0 Å². The van der Waals surface area contributed by atoms with Crippen molar-refractivity contribution in [2.45, 2.75) is 44.7 Å². The van der Waals surface area contributed by atoms with Crippen molar-refractivity contribution in [1.82, 2.24) is 4.31 Å². The smallest absolute Gasteiger partial charge is 0.244 e. The Hall–Kier alpha value is -1.89. The van der Waals surface area contributed by atoms with E-state index < -0.39 is 22.0 Å². The van der Waals surface area contributed by atoms with Crippen LogP contribution < -0.4 is 5.73 Å². The Kier molecular flexibility index (Phi) is 7.03.